The molecule has 0 aliphatic rings. The van der Waals surface area contributed by atoms with E-state index >= 15 is 0 Å². The molecule has 17 heavy (non-hydrogen) atoms. The lowest BCUT2D eigenvalue weighted by Gasteiger charge is -2.26. The van der Waals surface area contributed by atoms with E-state index in [1.165, 1.54) is 26.5 Å². The largest absolute Gasteiger partial charge is 0.514 e. The third-order valence-corrected chi connectivity index (χ3v) is 5.54. The maximum Gasteiger partial charge on any atom is 0.514 e. The van der Waals surface area contributed by atoms with E-state index < -0.39 is 14.9 Å². The topological polar surface area (TPSA) is 18.5 Å². The van der Waals surface area contributed by atoms with Gasteiger partial charge in [0.15, 0.2) is 0 Å². The van der Waals surface area contributed by atoms with E-state index in [9.17, 15) is 13.2 Å². The molecule has 0 aromatic heterocycles. The van der Waals surface area contributed by atoms with E-state index in [1.54, 1.807) is 0 Å². The van der Waals surface area contributed by atoms with Crippen LogP contribution in [0.2, 0.25) is 12.6 Å². The average Bonchev–Trinajstić information content (AvgIpc) is 2.21. The van der Waals surface area contributed by atoms with E-state index in [0.29, 0.717) is 6.04 Å². The fraction of sp³-hybridized carbons (Fsp3) is 1.00. The molecule has 0 heterocycles. The summed E-state index contributed by atoms with van der Waals surface area (Å²) < 4.78 is 45.5. The Bertz CT molecular complexity index is 200. The smallest absolute Gasteiger partial charge is 0.398 e. The first kappa shape index (κ1) is 16.9. The van der Waals surface area contributed by atoms with E-state index in [1.807, 2.05) is 0 Å². The summed E-state index contributed by atoms with van der Waals surface area (Å²) >= 11 is 0. The molecule has 0 saturated carbocycles. The third-order valence-electron chi connectivity index (χ3n) is 2.75. The number of unbranched alkanes of at least 4 members (excludes halogenated alkanes) is 5. The molecule has 6 heteroatoms. The molecule has 104 valence electrons. The van der Waals surface area contributed by atoms with Crippen molar-refractivity contribution in [2.24, 2.45) is 0 Å². The second-order valence-corrected chi connectivity index (χ2v) is 7.78. The standard InChI is InChI=1S/C11H23F3O2Si/c1-4-5-6-7-8-9-10-17(3,15-2)16-11(12,13)14/h4-10H2,1-3H3. The number of halogens is 3. The molecule has 0 saturated heterocycles. The number of rotatable bonds is 9. The molecule has 0 N–H and O–H groups in total. The highest BCUT2D eigenvalue weighted by Crippen LogP contribution is 2.27. The minimum atomic E-state index is -4.58. The Labute approximate surface area is 103 Å². The summed E-state index contributed by atoms with van der Waals surface area (Å²) in [6.07, 6.45) is 1.71. The van der Waals surface area contributed by atoms with Crippen molar-refractivity contribution in [1.82, 2.24) is 0 Å². The minimum absolute atomic E-state index is 0.398. The molecule has 0 spiro atoms. The maximum atomic E-state index is 12.1. The first-order valence-corrected chi connectivity index (χ1v) is 8.67. The molecule has 1 atom stereocenters. The van der Waals surface area contributed by atoms with Crippen molar-refractivity contribution in [2.45, 2.75) is 64.4 Å². The first-order valence-electron chi connectivity index (χ1n) is 6.15. The van der Waals surface area contributed by atoms with Crippen molar-refractivity contribution in [2.75, 3.05) is 7.11 Å². The van der Waals surface area contributed by atoms with Gasteiger partial charge in [0.2, 0.25) is 0 Å². The van der Waals surface area contributed by atoms with Crippen LogP contribution in [0.4, 0.5) is 13.2 Å². The highest BCUT2D eigenvalue weighted by molar-refractivity contribution is 6.66. The summed E-state index contributed by atoms with van der Waals surface area (Å²) in [7, 11) is -1.75. The van der Waals surface area contributed by atoms with Crippen molar-refractivity contribution < 1.29 is 22.0 Å². The van der Waals surface area contributed by atoms with Gasteiger partial charge in [-0.15, -0.1) is 13.2 Å². The Morgan fingerprint density at radius 1 is 1.00 bits per heavy atom. The van der Waals surface area contributed by atoms with Crippen LogP contribution in [0.25, 0.3) is 0 Å². The predicted molar refractivity (Wildman–Crippen MR) is 64.0 cm³/mol. The predicted octanol–water partition coefficient (Wildman–Crippen LogP) is 4.60. The van der Waals surface area contributed by atoms with Crippen molar-refractivity contribution in [1.29, 1.82) is 0 Å². The van der Waals surface area contributed by atoms with Gasteiger partial charge in [-0.3, -0.25) is 0 Å². The summed E-state index contributed by atoms with van der Waals surface area (Å²) in [5, 5.41) is 0. The van der Waals surface area contributed by atoms with Gasteiger partial charge in [0.05, 0.1) is 0 Å². The highest BCUT2D eigenvalue weighted by atomic mass is 28.4. The SMILES string of the molecule is CCCCCCCC[Si](C)(OC)OC(F)(F)F. The van der Waals surface area contributed by atoms with Gasteiger partial charge >= 0.3 is 14.9 Å². The van der Waals surface area contributed by atoms with Gasteiger partial charge in [0.25, 0.3) is 0 Å². The Kier molecular flexibility index (Phi) is 8.07. The fourth-order valence-electron chi connectivity index (χ4n) is 1.67. The number of hydrogen-bond donors (Lipinski definition) is 0. The third kappa shape index (κ3) is 9.61. The molecule has 0 bridgehead atoms. The van der Waals surface area contributed by atoms with E-state index in [-0.39, 0.29) is 0 Å². The lowest BCUT2D eigenvalue weighted by Crippen LogP contribution is -2.42. The second-order valence-electron chi connectivity index (χ2n) is 4.40. The lowest BCUT2D eigenvalue weighted by molar-refractivity contribution is -0.287. The van der Waals surface area contributed by atoms with Gasteiger partial charge in [-0.1, -0.05) is 45.4 Å². The zero-order valence-electron chi connectivity index (χ0n) is 10.9. The molecule has 0 rings (SSSR count). The van der Waals surface area contributed by atoms with Crippen LogP contribution in [0.5, 0.6) is 0 Å². The van der Waals surface area contributed by atoms with Gasteiger partial charge in [-0.05, 0) is 12.6 Å². The van der Waals surface area contributed by atoms with E-state index in [0.717, 1.165) is 25.7 Å². The van der Waals surface area contributed by atoms with Crippen LogP contribution in [0.1, 0.15) is 45.4 Å². The molecule has 0 aromatic rings. The normalized spacial score (nSPS) is 15.9. The first-order chi connectivity index (χ1) is 7.83. The molecule has 1 unspecified atom stereocenters. The summed E-state index contributed by atoms with van der Waals surface area (Å²) in [6.45, 7) is 3.60. The molecular formula is C11H23F3O2Si. The molecule has 0 aliphatic heterocycles. The Balaban J connectivity index is 3.80. The van der Waals surface area contributed by atoms with Crippen molar-refractivity contribution >= 4 is 8.56 Å². The maximum absolute atomic E-state index is 12.1. The molecule has 0 aliphatic carbocycles. The summed E-state index contributed by atoms with van der Waals surface area (Å²) in [4.78, 5) is 0. The average molecular weight is 272 g/mol. The Morgan fingerprint density at radius 2 is 1.53 bits per heavy atom. The van der Waals surface area contributed by atoms with Gasteiger partial charge in [0, 0.05) is 7.11 Å². The minimum Gasteiger partial charge on any atom is -0.398 e. The van der Waals surface area contributed by atoms with E-state index in [4.69, 9.17) is 4.43 Å². The molecule has 0 aromatic carbocycles. The summed E-state index contributed by atoms with van der Waals surface area (Å²) in [5.74, 6) is 0. The number of hydrogen-bond acceptors (Lipinski definition) is 2. The van der Waals surface area contributed by atoms with Crippen molar-refractivity contribution in [3.63, 3.8) is 0 Å². The molecule has 0 amide bonds. The van der Waals surface area contributed by atoms with Crippen LogP contribution < -0.4 is 0 Å². The van der Waals surface area contributed by atoms with Gasteiger partial charge < -0.3 is 8.85 Å². The zero-order chi connectivity index (χ0) is 13.4. The van der Waals surface area contributed by atoms with Gasteiger partial charge in [-0.25, -0.2) is 0 Å². The van der Waals surface area contributed by atoms with Crippen LogP contribution in [-0.4, -0.2) is 22.0 Å². The fourth-order valence-corrected chi connectivity index (χ4v) is 3.44. The van der Waals surface area contributed by atoms with E-state index in [2.05, 4.69) is 11.3 Å². The monoisotopic (exact) mass is 272 g/mol. The van der Waals surface area contributed by atoms with Crippen LogP contribution >= 0.6 is 0 Å². The van der Waals surface area contributed by atoms with Crippen molar-refractivity contribution in [3.05, 3.63) is 0 Å². The second kappa shape index (κ2) is 8.10. The number of alkyl halides is 3. The van der Waals surface area contributed by atoms with Crippen LogP contribution in [0.3, 0.4) is 0 Å². The summed E-state index contributed by atoms with van der Waals surface area (Å²) in [5.41, 5.74) is 0. The quantitative estimate of drug-likeness (QED) is 0.451. The van der Waals surface area contributed by atoms with Gasteiger partial charge in [-0.2, -0.15) is 0 Å². The molecular weight excluding hydrogens is 249 g/mol. The van der Waals surface area contributed by atoms with Gasteiger partial charge in [0.1, 0.15) is 0 Å². The molecule has 2 nitrogen and oxygen atoms in total. The zero-order valence-corrected chi connectivity index (χ0v) is 11.9. The van der Waals surface area contributed by atoms with Crippen LogP contribution in [0.15, 0.2) is 0 Å². The van der Waals surface area contributed by atoms with Crippen LogP contribution in [-0.2, 0) is 8.85 Å². The molecule has 0 fully saturated rings. The van der Waals surface area contributed by atoms with Crippen LogP contribution in [0, 0.1) is 0 Å². The lowest BCUT2D eigenvalue weighted by atomic mass is 10.1. The molecule has 0 radical (unpaired) electrons. The van der Waals surface area contributed by atoms with Crippen molar-refractivity contribution in [3.8, 4) is 0 Å². The Morgan fingerprint density at radius 3 is 2.00 bits per heavy atom. The summed E-state index contributed by atoms with van der Waals surface area (Å²) in [6, 6.07) is 0.398. The highest BCUT2D eigenvalue weighted by Gasteiger charge is 2.43. The Hall–Kier alpha value is -0.0731.